The molecule has 0 amide bonds. The van der Waals surface area contributed by atoms with E-state index in [1.807, 2.05) is 18.2 Å². The molecule has 8 heteroatoms. The molecule has 0 aliphatic carbocycles. The molecule has 0 unspecified atom stereocenters. The number of benzene rings is 1. The molecule has 152 valence electrons. The maximum absolute atomic E-state index is 5.77. The first-order chi connectivity index (χ1) is 13.3. The molecule has 0 bridgehead atoms. The summed E-state index contributed by atoms with van der Waals surface area (Å²) < 4.78 is 5.77. The van der Waals surface area contributed by atoms with Gasteiger partial charge in [-0.05, 0) is 32.0 Å². The fourth-order valence-electron chi connectivity index (χ4n) is 2.95. The van der Waals surface area contributed by atoms with Crippen molar-refractivity contribution < 1.29 is 4.74 Å². The summed E-state index contributed by atoms with van der Waals surface area (Å²) in [5, 5.41) is 3.38. The lowest BCUT2D eigenvalue weighted by atomic mass is 10.2. The van der Waals surface area contributed by atoms with Gasteiger partial charge in [0.15, 0.2) is 5.96 Å². The Bertz CT molecular complexity index is 717. The number of rotatable bonds is 6. The third-order valence-electron chi connectivity index (χ3n) is 4.39. The first kappa shape index (κ1) is 22.2. The van der Waals surface area contributed by atoms with Gasteiger partial charge in [0.05, 0.1) is 6.54 Å². The maximum Gasteiger partial charge on any atom is 0.225 e. The summed E-state index contributed by atoms with van der Waals surface area (Å²) in [6.45, 7) is 9.74. The maximum atomic E-state index is 5.77. The number of hydrogen-bond donors (Lipinski definition) is 1. The van der Waals surface area contributed by atoms with Crippen molar-refractivity contribution in [1.82, 2.24) is 20.2 Å². The standard InChI is InChI=1S/C20H28N6O.HI/c1-3-21-19(24-11-16-27-18-7-5-17(2)6-8-18)25-12-14-26(15-13-25)20-22-9-4-10-23-20;/h4-10H,3,11-16H2,1-2H3,(H,21,24);1H. The van der Waals surface area contributed by atoms with E-state index in [9.17, 15) is 0 Å². The number of aliphatic imine (C=N–C) groups is 1. The van der Waals surface area contributed by atoms with Crippen molar-refractivity contribution >= 4 is 35.9 Å². The molecular formula is C20H29IN6O. The van der Waals surface area contributed by atoms with Crippen LogP contribution in [0.5, 0.6) is 5.75 Å². The molecule has 3 rings (SSSR count). The minimum absolute atomic E-state index is 0. The van der Waals surface area contributed by atoms with Crippen LogP contribution in [0.2, 0.25) is 0 Å². The van der Waals surface area contributed by atoms with Crippen LogP contribution in [0.4, 0.5) is 5.95 Å². The van der Waals surface area contributed by atoms with Crippen molar-refractivity contribution in [3.8, 4) is 5.75 Å². The van der Waals surface area contributed by atoms with Crippen LogP contribution in [0.1, 0.15) is 12.5 Å². The quantitative estimate of drug-likeness (QED) is 0.287. The Morgan fingerprint density at radius 3 is 2.43 bits per heavy atom. The third kappa shape index (κ3) is 6.50. The monoisotopic (exact) mass is 496 g/mol. The highest BCUT2D eigenvalue weighted by Gasteiger charge is 2.20. The normalized spacial score (nSPS) is 14.4. The minimum Gasteiger partial charge on any atom is -0.492 e. The average Bonchev–Trinajstić information content (AvgIpc) is 2.72. The lowest BCUT2D eigenvalue weighted by Gasteiger charge is -2.36. The Labute approximate surface area is 184 Å². The number of aryl methyl sites for hydroxylation is 1. The zero-order chi connectivity index (χ0) is 18.9. The smallest absolute Gasteiger partial charge is 0.225 e. The lowest BCUT2D eigenvalue weighted by molar-refractivity contribution is 0.325. The Balaban J connectivity index is 0.00000280. The summed E-state index contributed by atoms with van der Waals surface area (Å²) in [6, 6.07) is 9.94. The van der Waals surface area contributed by atoms with Crippen molar-refractivity contribution in [2.45, 2.75) is 13.8 Å². The largest absolute Gasteiger partial charge is 0.492 e. The molecule has 0 atom stereocenters. The zero-order valence-electron chi connectivity index (χ0n) is 16.5. The van der Waals surface area contributed by atoms with Crippen LogP contribution in [0.15, 0.2) is 47.7 Å². The molecule has 0 saturated carbocycles. The average molecular weight is 496 g/mol. The van der Waals surface area contributed by atoms with E-state index in [1.54, 1.807) is 12.4 Å². The van der Waals surface area contributed by atoms with Crippen molar-refractivity contribution in [3.05, 3.63) is 48.3 Å². The SMILES string of the molecule is CCNC(=NCCOc1ccc(C)cc1)N1CCN(c2ncccn2)CC1.I. The number of piperazine rings is 1. The molecule has 1 aliphatic heterocycles. The molecule has 1 N–H and O–H groups in total. The number of aromatic nitrogens is 2. The third-order valence-corrected chi connectivity index (χ3v) is 4.39. The van der Waals surface area contributed by atoms with Gasteiger partial charge < -0.3 is 19.9 Å². The van der Waals surface area contributed by atoms with Gasteiger partial charge in [0.1, 0.15) is 12.4 Å². The van der Waals surface area contributed by atoms with Gasteiger partial charge in [-0.15, -0.1) is 24.0 Å². The van der Waals surface area contributed by atoms with E-state index in [1.165, 1.54) is 5.56 Å². The van der Waals surface area contributed by atoms with Crippen LogP contribution < -0.4 is 15.0 Å². The highest BCUT2D eigenvalue weighted by Crippen LogP contribution is 2.12. The van der Waals surface area contributed by atoms with Crippen molar-refractivity contribution in [3.63, 3.8) is 0 Å². The predicted molar refractivity (Wildman–Crippen MR) is 124 cm³/mol. The van der Waals surface area contributed by atoms with Crippen molar-refractivity contribution in [2.75, 3.05) is 50.8 Å². The van der Waals surface area contributed by atoms with E-state index >= 15 is 0 Å². The Kier molecular flexibility index (Phi) is 9.26. The number of halogens is 1. The second kappa shape index (κ2) is 11.7. The van der Waals surface area contributed by atoms with E-state index in [0.717, 1.165) is 50.4 Å². The van der Waals surface area contributed by atoms with Gasteiger partial charge in [0.25, 0.3) is 0 Å². The van der Waals surface area contributed by atoms with Crippen LogP contribution in [-0.2, 0) is 0 Å². The Morgan fingerprint density at radius 1 is 1.11 bits per heavy atom. The van der Waals surface area contributed by atoms with Crippen LogP contribution in [0.25, 0.3) is 0 Å². The second-order valence-electron chi connectivity index (χ2n) is 6.42. The Hall–Kier alpha value is -2.10. The van der Waals surface area contributed by atoms with Crippen molar-refractivity contribution in [2.24, 2.45) is 4.99 Å². The summed E-state index contributed by atoms with van der Waals surface area (Å²) in [6.07, 6.45) is 3.57. The van der Waals surface area contributed by atoms with E-state index in [0.29, 0.717) is 13.2 Å². The summed E-state index contributed by atoms with van der Waals surface area (Å²) in [5.74, 6) is 2.63. The molecule has 2 aromatic rings. The first-order valence-electron chi connectivity index (χ1n) is 9.51. The molecule has 1 aliphatic rings. The fraction of sp³-hybridized carbons (Fsp3) is 0.450. The fourth-order valence-corrected chi connectivity index (χ4v) is 2.95. The zero-order valence-corrected chi connectivity index (χ0v) is 18.9. The molecular weight excluding hydrogens is 467 g/mol. The van der Waals surface area contributed by atoms with Gasteiger partial charge in [0.2, 0.25) is 5.95 Å². The minimum atomic E-state index is 0. The molecule has 0 spiro atoms. The molecule has 1 aromatic carbocycles. The number of hydrogen-bond acceptors (Lipinski definition) is 5. The van der Waals surface area contributed by atoms with Crippen LogP contribution in [0.3, 0.4) is 0 Å². The van der Waals surface area contributed by atoms with Crippen LogP contribution in [0, 0.1) is 6.92 Å². The molecule has 1 saturated heterocycles. The van der Waals surface area contributed by atoms with Gasteiger partial charge in [-0.3, -0.25) is 0 Å². The molecule has 2 heterocycles. The number of guanidine groups is 1. The van der Waals surface area contributed by atoms with Gasteiger partial charge in [0, 0.05) is 45.1 Å². The number of nitrogens with zero attached hydrogens (tertiary/aromatic N) is 5. The molecule has 1 aromatic heterocycles. The second-order valence-corrected chi connectivity index (χ2v) is 6.42. The van der Waals surface area contributed by atoms with Crippen LogP contribution >= 0.6 is 24.0 Å². The first-order valence-corrected chi connectivity index (χ1v) is 9.51. The molecule has 7 nitrogen and oxygen atoms in total. The summed E-state index contributed by atoms with van der Waals surface area (Å²) in [4.78, 5) is 17.9. The van der Waals surface area contributed by atoms with Crippen LogP contribution in [-0.4, -0.2) is 66.7 Å². The Morgan fingerprint density at radius 2 is 1.79 bits per heavy atom. The summed E-state index contributed by atoms with van der Waals surface area (Å²) in [5.41, 5.74) is 1.23. The van der Waals surface area contributed by atoms with E-state index < -0.39 is 0 Å². The van der Waals surface area contributed by atoms with Gasteiger partial charge >= 0.3 is 0 Å². The number of nitrogens with one attached hydrogen (secondary N) is 1. The van der Waals surface area contributed by atoms with E-state index in [2.05, 4.69) is 51.1 Å². The molecule has 1 fully saturated rings. The summed E-state index contributed by atoms with van der Waals surface area (Å²) >= 11 is 0. The summed E-state index contributed by atoms with van der Waals surface area (Å²) in [7, 11) is 0. The van der Waals surface area contributed by atoms with Crippen molar-refractivity contribution in [1.29, 1.82) is 0 Å². The molecule has 0 radical (unpaired) electrons. The number of anilines is 1. The molecule has 28 heavy (non-hydrogen) atoms. The van der Waals surface area contributed by atoms with Gasteiger partial charge in [-0.1, -0.05) is 17.7 Å². The number of ether oxygens (including phenoxy) is 1. The van der Waals surface area contributed by atoms with E-state index in [-0.39, 0.29) is 24.0 Å². The predicted octanol–water partition coefficient (Wildman–Crippen LogP) is 2.57. The topological polar surface area (TPSA) is 65.9 Å². The van der Waals surface area contributed by atoms with E-state index in [4.69, 9.17) is 9.73 Å². The highest BCUT2D eigenvalue weighted by molar-refractivity contribution is 14.0. The lowest BCUT2D eigenvalue weighted by Crippen LogP contribution is -2.53. The van der Waals surface area contributed by atoms with Gasteiger partial charge in [-0.25, -0.2) is 15.0 Å². The van der Waals surface area contributed by atoms with Gasteiger partial charge in [-0.2, -0.15) is 0 Å². The highest BCUT2D eigenvalue weighted by atomic mass is 127.